The molecule has 0 spiro atoms. The summed E-state index contributed by atoms with van der Waals surface area (Å²) >= 11 is 1.46. The number of amides is 1. The molecule has 6 heteroatoms. The van der Waals surface area contributed by atoms with Crippen LogP contribution in [-0.2, 0) is 4.74 Å². The second-order valence-corrected chi connectivity index (χ2v) is 9.36. The van der Waals surface area contributed by atoms with Gasteiger partial charge in [-0.15, -0.1) is 11.3 Å². The Balaban J connectivity index is 1.13. The first-order valence-corrected chi connectivity index (χ1v) is 11.9. The molecule has 1 aromatic heterocycles. The third kappa shape index (κ3) is 4.37. The van der Waals surface area contributed by atoms with Gasteiger partial charge in [-0.1, -0.05) is 66.7 Å². The van der Waals surface area contributed by atoms with E-state index in [1.807, 2.05) is 54.6 Å². The maximum absolute atomic E-state index is 12.3. The van der Waals surface area contributed by atoms with Crippen LogP contribution < -0.4 is 5.32 Å². The molecule has 4 aromatic rings. The maximum Gasteiger partial charge on any atom is 0.407 e. The number of nitrogens with one attached hydrogen (secondary N) is 1. The van der Waals surface area contributed by atoms with E-state index in [0.717, 1.165) is 21.2 Å². The monoisotopic (exact) mass is 459 g/mol. The Morgan fingerprint density at radius 3 is 2.27 bits per heavy atom. The number of carbonyl (C=O) groups excluding carboxylic acids is 1. The molecule has 1 heterocycles. The molecule has 0 saturated heterocycles. The lowest BCUT2D eigenvalue weighted by Gasteiger charge is -2.17. The largest absolute Gasteiger partial charge is 0.449 e. The van der Waals surface area contributed by atoms with Crippen LogP contribution in [0.15, 0.2) is 78.9 Å². The predicted molar refractivity (Wildman–Crippen MR) is 130 cm³/mol. The van der Waals surface area contributed by atoms with Crippen molar-refractivity contribution in [3.8, 4) is 11.1 Å². The van der Waals surface area contributed by atoms with Gasteiger partial charge in [-0.25, -0.2) is 4.79 Å². The first-order chi connectivity index (χ1) is 16.1. The van der Waals surface area contributed by atoms with E-state index in [2.05, 4.69) is 29.6 Å². The molecule has 2 unspecified atom stereocenters. The topological polar surface area (TPSA) is 78.8 Å². The first-order valence-electron chi connectivity index (χ1n) is 11.1. The van der Waals surface area contributed by atoms with E-state index in [1.54, 1.807) is 0 Å². The minimum absolute atomic E-state index is 0.00326. The highest BCUT2D eigenvalue weighted by molar-refractivity contribution is 7.19. The fraction of sp³-hybridized carbons (Fsp3) is 0.222. The molecule has 2 atom stereocenters. The van der Waals surface area contributed by atoms with Crippen LogP contribution in [0.1, 0.15) is 34.4 Å². The standard InChI is InChI=1S/C27H25NO4S/c29-23(26(30)25-15-17-7-1-6-12-24(17)33-25)13-14-28-27(31)32-16-22-20-10-4-2-8-18(20)19-9-3-5-11-21(19)22/h1-12,15,22-23,26,29-30H,13-14,16H2,(H,28,31). The molecule has 0 saturated carbocycles. The molecule has 33 heavy (non-hydrogen) atoms. The molecular formula is C27H25NO4S. The average molecular weight is 460 g/mol. The molecule has 0 fully saturated rings. The average Bonchev–Trinajstić information content (AvgIpc) is 3.41. The van der Waals surface area contributed by atoms with Crippen LogP contribution in [0.4, 0.5) is 4.79 Å². The van der Waals surface area contributed by atoms with E-state index in [9.17, 15) is 15.0 Å². The zero-order valence-electron chi connectivity index (χ0n) is 18.0. The second-order valence-electron chi connectivity index (χ2n) is 8.24. The Kier molecular flexibility index (Phi) is 6.13. The lowest BCUT2D eigenvalue weighted by molar-refractivity contribution is 0.0158. The van der Waals surface area contributed by atoms with Gasteiger partial charge >= 0.3 is 6.09 Å². The van der Waals surface area contributed by atoms with Gasteiger partial charge in [0.2, 0.25) is 0 Å². The number of rotatable bonds is 7. The van der Waals surface area contributed by atoms with Crippen molar-refractivity contribution in [3.05, 3.63) is 94.9 Å². The van der Waals surface area contributed by atoms with E-state index in [0.29, 0.717) is 4.88 Å². The van der Waals surface area contributed by atoms with Crippen molar-refractivity contribution in [1.82, 2.24) is 5.32 Å². The summed E-state index contributed by atoms with van der Waals surface area (Å²) in [7, 11) is 0. The quantitative estimate of drug-likeness (QED) is 0.354. The molecule has 3 aromatic carbocycles. The molecule has 0 bridgehead atoms. The molecule has 168 valence electrons. The maximum atomic E-state index is 12.3. The number of fused-ring (bicyclic) bond motifs is 4. The van der Waals surface area contributed by atoms with Crippen LogP contribution in [-0.4, -0.2) is 35.6 Å². The number of hydrogen-bond acceptors (Lipinski definition) is 5. The summed E-state index contributed by atoms with van der Waals surface area (Å²) in [5, 5.41) is 24.6. The summed E-state index contributed by atoms with van der Waals surface area (Å²) in [5.41, 5.74) is 4.68. The van der Waals surface area contributed by atoms with Crippen LogP contribution in [0.25, 0.3) is 21.2 Å². The molecule has 1 aliphatic rings. The Morgan fingerprint density at radius 2 is 1.58 bits per heavy atom. The van der Waals surface area contributed by atoms with Gasteiger partial charge in [0.15, 0.2) is 0 Å². The number of alkyl carbamates (subject to hydrolysis) is 1. The summed E-state index contributed by atoms with van der Waals surface area (Å²) in [6.07, 6.45) is -2.28. The molecule has 3 N–H and O–H groups in total. The highest BCUT2D eigenvalue weighted by Crippen LogP contribution is 2.44. The van der Waals surface area contributed by atoms with Gasteiger partial charge in [0.1, 0.15) is 12.7 Å². The highest BCUT2D eigenvalue weighted by Gasteiger charge is 2.29. The number of carbonyl (C=O) groups is 1. The number of aliphatic hydroxyl groups is 2. The van der Waals surface area contributed by atoms with Crippen molar-refractivity contribution >= 4 is 27.5 Å². The zero-order chi connectivity index (χ0) is 22.8. The van der Waals surface area contributed by atoms with Gasteiger partial charge in [0.25, 0.3) is 0 Å². The minimum Gasteiger partial charge on any atom is -0.449 e. The Hall–Kier alpha value is -3.19. The third-order valence-corrected chi connectivity index (χ3v) is 7.34. The molecule has 1 aliphatic carbocycles. The van der Waals surface area contributed by atoms with Crippen molar-refractivity contribution in [2.45, 2.75) is 24.5 Å². The number of aliphatic hydroxyl groups excluding tert-OH is 2. The number of hydrogen-bond donors (Lipinski definition) is 3. The fourth-order valence-electron chi connectivity index (χ4n) is 4.47. The Morgan fingerprint density at radius 1 is 0.939 bits per heavy atom. The fourth-order valence-corrected chi connectivity index (χ4v) is 5.58. The van der Waals surface area contributed by atoms with E-state index >= 15 is 0 Å². The van der Waals surface area contributed by atoms with E-state index in [1.165, 1.54) is 22.5 Å². The lowest BCUT2D eigenvalue weighted by Crippen LogP contribution is -2.30. The van der Waals surface area contributed by atoms with Crippen LogP contribution >= 0.6 is 11.3 Å². The number of thiophene rings is 1. The van der Waals surface area contributed by atoms with Gasteiger partial charge in [-0.3, -0.25) is 0 Å². The molecule has 0 aliphatic heterocycles. The Bertz CT molecular complexity index is 1210. The van der Waals surface area contributed by atoms with Crippen molar-refractivity contribution in [3.63, 3.8) is 0 Å². The molecule has 0 radical (unpaired) electrons. The van der Waals surface area contributed by atoms with Crippen molar-refractivity contribution in [1.29, 1.82) is 0 Å². The van der Waals surface area contributed by atoms with Crippen molar-refractivity contribution in [2.75, 3.05) is 13.2 Å². The van der Waals surface area contributed by atoms with Gasteiger partial charge < -0.3 is 20.3 Å². The van der Waals surface area contributed by atoms with Crippen molar-refractivity contribution < 1.29 is 19.7 Å². The SMILES string of the molecule is O=C(NCCC(O)C(O)c1cc2ccccc2s1)OCC1c2ccccc2-c2ccccc21. The van der Waals surface area contributed by atoms with Crippen LogP contribution in [0.5, 0.6) is 0 Å². The van der Waals surface area contributed by atoms with Gasteiger partial charge in [0, 0.05) is 22.0 Å². The zero-order valence-corrected chi connectivity index (χ0v) is 18.8. The predicted octanol–water partition coefficient (Wildman–Crippen LogP) is 5.22. The Labute approximate surface area is 196 Å². The van der Waals surface area contributed by atoms with Gasteiger partial charge in [0.05, 0.1) is 6.10 Å². The second kappa shape index (κ2) is 9.35. The minimum atomic E-state index is -0.994. The smallest absolute Gasteiger partial charge is 0.407 e. The molecule has 5 nitrogen and oxygen atoms in total. The van der Waals surface area contributed by atoms with Crippen LogP contribution in [0.3, 0.4) is 0 Å². The highest BCUT2D eigenvalue weighted by atomic mass is 32.1. The van der Waals surface area contributed by atoms with E-state index < -0.39 is 18.3 Å². The number of ether oxygens (including phenoxy) is 1. The summed E-state index contributed by atoms with van der Waals surface area (Å²) in [4.78, 5) is 13.0. The summed E-state index contributed by atoms with van der Waals surface area (Å²) < 4.78 is 6.58. The molecule has 1 amide bonds. The van der Waals surface area contributed by atoms with Crippen LogP contribution in [0.2, 0.25) is 0 Å². The normalized spacial score (nSPS) is 14.5. The van der Waals surface area contributed by atoms with E-state index in [-0.39, 0.29) is 25.5 Å². The third-order valence-electron chi connectivity index (χ3n) is 6.15. The number of benzene rings is 3. The van der Waals surface area contributed by atoms with Gasteiger partial charge in [-0.2, -0.15) is 0 Å². The summed E-state index contributed by atoms with van der Waals surface area (Å²) in [5.74, 6) is 0.00326. The van der Waals surface area contributed by atoms with Crippen LogP contribution in [0, 0.1) is 0 Å². The molecule has 5 rings (SSSR count). The lowest BCUT2D eigenvalue weighted by atomic mass is 9.98. The van der Waals surface area contributed by atoms with E-state index in [4.69, 9.17) is 4.74 Å². The molecular weight excluding hydrogens is 434 g/mol. The first kappa shape index (κ1) is 21.6. The van der Waals surface area contributed by atoms with Gasteiger partial charge in [-0.05, 0) is 46.2 Å². The summed E-state index contributed by atoms with van der Waals surface area (Å²) in [6, 6.07) is 26.1. The van der Waals surface area contributed by atoms with Crippen molar-refractivity contribution in [2.24, 2.45) is 0 Å². The summed E-state index contributed by atoms with van der Waals surface area (Å²) in [6.45, 7) is 0.451.